The van der Waals surface area contributed by atoms with Gasteiger partial charge in [0.2, 0.25) is 0 Å². The van der Waals surface area contributed by atoms with Crippen LogP contribution in [0.3, 0.4) is 0 Å². The van der Waals surface area contributed by atoms with E-state index in [0.717, 1.165) is 0 Å². The molecule has 1 fully saturated rings. The number of alkyl halides is 12. The highest BCUT2D eigenvalue weighted by molar-refractivity contribution is 6.34. The van der Waals surface area contributed by atoms with Crippen molar-refractivity contribution < 1.29 is 52.7 Å². The second-order valence-electron chi connectivity index (χ2n) is 13.1. The molecule has 322 valence electrons. The van der Waals surface area contributed by atoms with E-state index in [4.69, 9.17) is 46.4 Å². The molecule has 4 aromatic heterocycles. The molecule has 1 saturated heterocycles. The predicted molar refractivity (Wildman–Crippen MR) is 200 cm³/mol. The molecule has 0 amide bonds. The van der Waals surface area contributed by atoms with Gasteiger partial charge in [-0.1, -0.05) is 46.4 Å². The van der Waals surface area contributed by atoms with Crippen LogP contribution in [0.2, 0.25) is 20.1 Å². The molecule has 8 nitrogen and oxygen atoms in total. The van der Waals surface area contributed by atoms with E-state index in [2.05, 4.69) is 19.9 Å². The molecule has 0 saturated carbocycles. The van der Waals surface area contributed by atoms with Crippen molar-refractivity contribution >= 4 is 69.7 Å². The van der Waals surface area contributed by atoms with Gasteiger partial charge in [-0.3, -0.25) is 0 Å². The smallest absolute Gasteiger partial charge is 0.355 e. The fourth-order valence-electron chi connectivity index (χ4n) is 6.17. The molecule has 4 aromatic rings. The first-order valence-electron chi connectivity index (χ1n) is 17.3. The molecule has 5 heterocycles. The van der Waals surface area contributed by atoms with Gasteiger partial charge in [0.15, 0.2) is 0 Å². The number of pyridine rings is 4. The van der Waals surface area contributed by atoms with E-state index in [1.54, 1.807) is 9.80 Å². The third kappa shape index (κ3) is 11.9. The summed E-state index contributed by atoms with van der Waals surface area (Å²) in [7, 11) is 0. The summed E-state index contributed by atoms with van der Waals surface area (Å²) in [5.74, 6) is -0.232. The first-order valence-corrected chi connectivity index (χ1v) is 18.9. The molecule has 5 rings (SSSR count). The van der Waals surface area contributed by atoms with Crippen molar-refractivity contribution in [1.29, 1.82) is 0 Å². The molecule has 0 N–H and O–H groups in total. The SMILES string of the molecule is FC(F)(F)c1cnc(N2CCCN(c3ncc(C(F)(F)F)cc3Cl)CCCN(c3ncc(C(F)(F)F)cc3Cl)CCN(c3ncc(C(F)(F)F)cc3Cl)CCC2)c(Cl)c1. The number of halogens is 16. The van der Waals surface area contributed by atoms with Crippen molar-refractivity contribution in [2.45, 2.75) is 44.0 Å². The number of nitrogens with zero attached hydrogens (tertiary/aromatic N) is 8. The largest absolute Gasteiger partial charge is 0.417 e. The van der Waals surface area contributed by atoms with Gasteiger partial charge in [-0.15, -0.1) is 0 Å². The fraction of sp³-hybridized carbons (Fsp3) is 0.429. The second kappa shape index (κ2) is 18.4. The molecule has 0 aromatic carbocycles. The lowest BCUT2D eigenvalue weighted by Gasteiger charge is -2.31. The second-order valence-corrected chi connectivity index (χ2v) is 14.7. The Kier molecular flexibility index (Phi) is 14.4. The van der Waals surface area contributed by atoms with Crippen LogP contribution in [0.15, 0.2) is 49.1 Å². The number of aromatic nitrogens is 4. The Morgan fingerprint density at radius 2 is 0.525 bits per heavy atom. The lowest BCUT2D eigenvalue weighted by molar-refractivity contribution is -0.138. The Morgan fingerprint density at radius 1 is 0.339 bits per heavy atom. The summed E-state index contributed by atoms with van der Waals surface area (Å²) in [6, 6.07) is 2.76. The highest BCUT2D eigenvalue weighted by Gasteiger charge is 2.35. The average Bonchev–Trinajstić information content (AvgIpc) is 3.13. The average molecular weight is 932 g/mol. The van der Waals surface area contributed by atoms with Crippen LogP contribution < -0.4 is 19.6 Å². The Morgan fingerprint density at radius 3 is 0.695 bits per heavy atom. The summed E-state index contributed by atoms with van der Waals surface area (Å²) in [4.78, 5) is 22.1. The molecule has 0 aliphatic carbocycles. The van der Waals surface area contributed by atoms with Crippen LogP contribution in [0.25, 0.3) is 0 Å². The number of hydrogen-bond acceptors (Lipinski definition) is 8. The number of anilines is 4. The van der Waals surface area contributed by atoms with E-state index in [9.17, 15) is 52.7 Å². The quantitative estimate of drug-likeness (QED) is 0.188. The van der Waals surface area contributed by atoms with Gasteiger partial charge >= 0.3 is 24.7 Å². The maximum absolute atomic E-state index is 13.5. The van der Waals surface area contributed by atoms with Crippen molar-refractivity contribution in [3.63, 3.8) is 0 Å². The Labute approximate surface area is 348 Å². The van der Waals surface area contributed by atoms with Gasteiger partial charge in [-0.25, -0.2) is 19.9 Å². The lowest BCUT2D eigenvalue weighted by Crippen LogP contribution is -2.39. The fourth-order valence-corrected chi connectivity index (χ4v) is 7.31. The van der Waals surface area contributed by atoms with E-state index in [-0.39, 0.29) is 115 Å². The molecule has 59 heavy (non-hydrogen) atoms. The molecule has 24 heteroatoms. The first-order chi connectivity index (χ1) is 27.4. The first kappa shape index (κ1) is 46.2. The van der Waals surface area contributed by atoms with E-state index < -0.39 is 47.0 Å². The summed E-state index contributed by atoms with van der Waals surface area (Å²) < 4.78 is 162. The van der Waals surface area contributed by atoms with Crippen molar-refractivity contribution in [2.75, 3.05) is 72.0 Å². The third-order valence-electron chi connectivity index (χ3n) is 9.00. The van der Waals surface area contributed by atoms with Crippen molar-refractivity contribution in [2.24, 2.45) is 0 Å². The molecule has 0 bridgehead atoms. The van der Waals surface area contributed by atoms with Gasteiger partial charge < -0.3 is 19.6 Å². The number of hydrogen-bond donors (Lipinski definition) is 0. The zero-order valence-electron chi connectivity index (χ0n) is 30.0. The van der Waals surface area contributed by atoms with Crippen LogP contribution in [0, 0.1) is 0 Å². The Hall–Kier alpha value is -3.88. The Bertz CT molecular complexity index is 1940. The molecule has 0 spiro atoms. The predicted octanol–water partition coefficient (Wildman–Crippen LogP) is 11.5. The molecule has 0 unspecified atom stereocenters. The van der Waals surface area contributed by atoms with Crippen molar-refractivity contribution in [3.05, 3.63) is 91.4 Å². The third-order valence-corrected chi connectivity index (χ3v) is 10.1. The highest BCUT2D eigenvalue weighted by Crippen LogP contribution is 2.38. The topological polar surface area (TPSA) is 64.5 Å². The minimum Gasteiger partial charge on any atom is -0.355 e. The van der Waals surface area contributed by atoms with E-state index in [1.165, 1.54) is 9.80 Å². The van der Waals surface area contributed by atoms with Crippen LogP contribution in [0.4, 0.5) is 76.0 Å². The van der Waals surface area contributed by atoms with E-state index >= 15 is 0 Å². The van der Waals surface area contributed by atoms with Crippen molar-refractivity contribution in [3.8, 4) is 0 Å². The molecular formula is C35H30Cl4F12N8. The zero-order valence-corrected chi connectivity index (χ0v) is 33.0. The van der Waals surface area contributed by atoms with Crippen molar-refractivity contribution in [1.82, 2.24) is 19.9 Å². The van der Waals surface area contributed by atoms with Crippen LogP contribution in [-0.4, -0.2) is 72.3 Å². The monoisotopic (exact) mass is 930 g/mol. The number of rotatable bonds is 4. The van der Waals surface area contributed by atoms with Gasteiger partial charge in [0, 0.05) is 77.1 Å². The maximum Gasteiger partial charge on any atom is 0.417 e. The van der Waals surface area contributed by atoms with E-state index in [0.29, 0.717) is 49.1 Å². The molecule has 1 aliphatic heterocycles. The molecule has 1 aliphatic rings. The van der Waals surface area contributed by atoms with Crippen LogP contribution in [0.5, 0.6) is 0 Å². The summed E-state index contributed by atoms with van der Waals surface area (Å²) >= 11 is 25.4. The minimum atomic E-state index is -4.78. The van der Waals surface area contributed by atoms with Gasteiger partial charge in [0.25, 0.3) is 0 Å². The maximum atomic E-state index is 13.5. The van der Waals surface area contributed by atoms with E-state index in [1.807, 2.05) is 0 Å². The zero-order chi connectivity index (χ0) is 43.5. The van der Waals surface area contributed by atoms with Crippen LogP contribution in [-0.2, 0) is 24.7 Å². The normalized spacial score (nSPS) is 16.3. The van der Waals surface area contributed by atoms with Gasteiger partial charge in [-0.05, 0) is 43.5 Å². The van der Waals surface area contributed by atoms with Gasteiger partial charge in [-0.2, -0.15) is 52.7 Å². The Balaban J connectivity index is 1.55. The summed E-state index contributed by atoms with van der Waals surface area (Å²) in [6.45, 7) is 0.119. The molecule has 0 atom stereocenters. The molecule has 0 radical (unpaired) electrons. The van der Waals surface area contributed by atoms with Gasteiger partial charge in [0.1, 0.15) is 23.3 Å². The highest BCUT2D eigenvalue weighted by atomic mass is 35.5. The lowest BCUT2D eigenvalue weighted by atomic mass is 10.2. The minimum absolute atomic E-state index is 0.0199. The molecular weight excluding hydrogens is 902 g/mol. The standard InChI is InChI=1S/C35H30Cl4F12N8/c36-24-12-20(32(40,41)42)16-52-28(24)56-4-1-5-57(29-25(37)13-21(17-53-29)33(43,44)45)7-3-9-59(31-27(39)15-23(19-55-31)35(49,50)51)11-10-58(8-2-6-56)30-26(38)14-22(18-54-30)34(46,47)48/h12-19H,1-11H2. The summed E-state index contributed by atoms with van der Waals surface area (Å²) in [5, 5.41) is -1.45. The van der Waals surface area contributed by atoms with Crippen LogP contribution >= 0.6 is 46.4 Å². The van der Waals surface area contributed by atoms with Crippen LogP contribution in [0.1, 0.15) is 41.5 Å². The summed E-state index contributed by atoms with van der Waals surface area (Å²) in [6.07, 6.45) is -16.2. The van der Waals surface area contributed by atoms with Gasteiger partial charge in [0.05, 0.1) is 42.3 Å². The summed E-state index contributed by atoms with van der Waals surface area (Å²) in [5.41, 5.74) is -4.48.